The summed E-state index contributed by atoms with van der Waals surface area (Å²) in [4.78, 5) is 12.5. The summed E-state index contributed by atoms with van der Waals surface area (Å²) in [5.41, 5.74) is 0.727. The maximum atomic E-state index is 12.7. The highest BCUT2D eigenvalue weighted by Gasteiger charge is 2.30. The van der Waals surface area contributed by atoms with Crippen LogP contribution in [-0.4, -0.2) is 57.4 Å². The van der Waals surface area contributed by atoms with Crippen molar-refractivity contribution >= 4 is 26.8 Å². The third kappa shape index (κ3) is 4.70. The summed E-state index contributed by atoms with van der Waals surface area (Å²) in [5.74, 6) is -1.47. The molecule has 2 aromatic rings. The van der Waals surface area contributed by atoms with E-state index in [4.69, 9.17) is 9.47 Å². The Morgan fingerprint density at radius 3 is 2.29 bits per heavy atom. The molecule has 0 radical (unpaired) electrons. The Kier molecular flexibility index (Phi) is 7.54. The number of hydrogen-bond donors (Lipinski definition) is 1. The lowest BCUT2D eigenvalue weighted by atomic mass is 9.94. The lowest BCUT2D eigenvalue weighted by molar-refractivity contribution is -0.173. The largest absolute Gasteiger partial charge is 0.466 e. The summed E-state index contributed by atoms with van der Waals surface area (Å²) >= 11 is 0. The molecule has 0 amide bonds. The molecule has 0 spiro atoms. The molecule has 0 aliphatic rings. The molecule has 0 aliphatic heterocycles. The third-order valence-electron chi connectivity index (χ3n) is 4.44. The van der Waals surface area contributed by atoms with Gasteiger partial charge in [-0.3, -0.25) is 4.79 Å². The molecular formula is C20H27NO6S. The van der Waals surface area contributed by atoms with E-state index >= 15 is 0 Å². The molecule has 1 N–H and O–H groups in total. The first-order valence-corrected chi connectivity index (χ1v) is 10.6. The predicted octanol–water partition coefficient (Wildman–Crippen LogP) is 2.17. The molecule has 0 aromatic heterocycles. The number of carbonyl (C=O) groups excluding carboxylic acids is 1. The van der Waals surface area contributed by atoms with Crippen LogP contribution in [0.4, 0.5) is 0 Å². The van der Waals surface area contributed by atoms with Gasteiger partial charge in [0.2, 0.25) is 10.0 Å². The maximum absolute atomic E-state index is 12.7. The number of aliphatic hydroxyl groups is 1. The number of benzene rings is 2. The Bertz CT molecular complexity index is 925. The smallest absolute Gasteiger partial charge is 0.314 e. The van der Waals surface area contributed by atoms with Gasteiger partial charge in [0.05, 0.1) is 11.5 Å². The number of rotatable bonds is 9. The predicted molar refractivity (Wildman–Crippen MR) is 106 cm³/mol. The summed E-state index contributed by atoms with van der Waals surface area (Å²) in [7, 11) is -0.672. The van der Waals surface area contributed by atoms with Crippen molar-refractivity contribution < 1.29 is 27.8 Å². The Hall–Kier alpha value is -2.00. The van der Waals surface area contributed by atoms with Crippen molar-refractivity contribution in [1.29, 1.82) is 0 Å². The fraction of sp³-hybridized carbons (Fsp3) is 0.450. The van der Waals surface area contributed by atoms with Crippen LogP contribution in [0.2, 0.25) is 0 Å². The third-order valence-corrected chi connectivity index (χ3v) is 6.32. The minimum Gasteiger partial charge on any atom is -0.466 e. The van der Waals surface area contributed by atoms with Crippen molar-refractivity contribution in [2.75, 3.05) is 27.3 Å². The summed E-state index contributed by atoms with van der Waals surface area (Å²) in [6.45, 7) is 3.85. The van der Waals surface area contributed by atoms with Crippen LogP contribution in [0.25, 0.3) is 10.8 Å². The number of esters is 1. The van der Waals surface area contributed by atoms with Crippen LogP contribution < -0.4 is 0 Å². The average Bonchev–Trinajstić information content (AvgIpc) is 2.65. The first kappa shape index (κ1) is 22.3. The van der Waals surface area contributed by atoms with Crippen molar-refractivity contribution in [2.45, 2.75) is 31.5 Å². The second kappa shape index (κ2) is 9.47. The van der Waals surface area contributed by atoms with Gasteiger partial charge in [-0.2, -0.15) is 0 Å². The average molecular weight is 410 g/mol. The maximum Gasteiger partial charge on any atom is 0.314 e. The Morgan fingerprint density at radius 1 is 1.07 bits per heavy atom. The van der Waals surface area contributed by atoms with E-state index in [2.05, 4.69) is 0 Å². The van der Waals surface area contributed by atoms with E-state index in [9.17, 15) is 18.3 Å². The minimum absolute atomic E-state index is 0.156. The molecule has 0 fully saturated rings. The van der Waals surface area contributed by atoms with Gasteiger partial charge < -0.3 is 14.6 Å². The molecule has 0 saturated heterocycles. The standard InChI is InChI=1S/C20H27NO6S/c1-5-26-19(22)17(20(23)27-6-2)13-14-11-12-18(28(24,25)21(3)4)16-10-8-7-9-15(14)16/h7-12,17,19,22H,5-6,13H2,1-4H3. The lowest BCUT2D eigenvalue weighted by Gasteiger charge is -2.22. The Balaban J connectivity index is 2.54. The number of aliphatic hydroxyl groups excluding tert-OH is 1. The minimum atomic E-state index is -3.63. The number of sulfonamides is 1. The molecule has 2 aromatic carbocycles. The number of ether oxygens (including phenoxy) is 2. The zero-order valence-electron chi connectivity index (χ0n) is 16.6. The first-order valence-electron chi connectivity index (χ1n) is 9.13. The Morgan fingerprint density at radius 2 is 1.71 bits per heavy atom. The molecule has 0 saturated carbocycles. The van der Waals surface area contributed by atoms with Gasteiger partial charge in [-0.05, 0) is 37.3 Å². The van der Waals surface area contributed by atoms with Gasteiger partial charge in [-0.1, -0.05) is 30.3 Å². The highest BCUT2D eigenvalue weighted by Crippen LogP contribution is 2.30. The normalized spacial score (nSPS) is 14.2. The highest BCUT2D eigenvalue weighted by molar-refractivity contribution is 7.89. The second-order valence-corrected chi connectivity index (χ2v) is 8.58. The molecule has 0 bridgehead atoms. The van der Waals surface area contributed by atoms with E-state index in [1.807, 2.05) is 0 Å². The highest BCUT2D eigenvalue weighted by atomic mass is 32.2. The van der Waals surface area contributed by atoms with Crippen molar-refractivity contribution in [2.24, 2.45) is 5.92 Å². The monoisotopic (exact) mass is 409 g/mol. The van der Waals surface area contributed by atoms with E-state index in [0.717, 1.165) is 9.87 Å². The number of hydrogen-bond acceptors (Lipinski definition) is 6. The molecule has 154 valence electrons. The van der Waals surface area contributed by atoms with Crippen molar-refractivity contribution in [3.05, 3.63) is 42.0 Å². The van der Waals surface area contributed by atoms with Crippen LogP contribution in [-0.2, 0) is 30.7 Å². The lowest BCUT2D eigenvalue weighted by Crippen LogP contribution is -2.34. The first-order chi connectivity index (χ1) is 13.2. The molecule has 2 rings (SSSR count). The van der Waals surface area contributed by atoms with Gasteiger partial charge in [-0.15, -0.1) is 0 Å². The van der Waals surface area contributed by atoms with Gasteiger partial charge in [0.15, 0.2) is 6.29 Å². The molecule has 2 unspecified atom stereocenters. The van der Waals surface area contributed by atoms with Crippen molar-refractivity contribution in [1.82, 2.24) is 4.31 Å². The van der Waals surface area contributed by atoms with Crippen molar-refractivity contribution in [3.8, 4) is 0 Å². The van der Waals surface area contributed by atoms with Crippen LogP contribution >= 0.6 is 0 Å². The second-order valence-electron chi connectivity index (χ2n) is 6.46. The van der Waals surface area contributed by atoms with Gasteiger partial charge >= 0.3 is 5.97 Å². The molecule has 7 nitrogen and oxygen atoms in total. The Labute approximate surface area is 165 Å². The zero-order chi connectivity index (χ0) is 20.9. The SMILES string of the molecule is CCOC(=O)C(Cc1ccc(S(=O)(=O)N(C)C)c2ccccc12)C(O)OCC. The fourth-order valence-corrected chi connectivity index (χ4v) is 4.10. The van der Waals surface area contributed by atoms with Crippen LogP contribution in [0.15, 0.2) is 41.3 Å². The summed E-state index contributed by atoms with van der Waals surface area (Å²) in [5, 5.41) is 11.5. The van der Waals surface area contributed by atoms with Crippen LogP contribution in [0, 0.1) is 5.92 Å². The summed E-state index contributed by atoms with van der Waals surface area (Å²) < 4.78 is 36.8. The van der Waals surface area contributed by atoms with Gasteiger partial charge in [0.25, 0.3) is 0 Å². The van der Waals surface area contributed by atoms with Crippen molar-refractivity contribution in [3.63, 3.8) is 0 Å². The number of nitrogens with zero attached hydrogens (tertiary/aromatic N) is 1. The van der Waals surface area contributed by atoms with E-state index < -0.39 is 28.2 Å². The number of carbonyl (C=O) groups is 1. The molecular weight excluding hydrogens is 382 g/mol. The fourth-order valence-electron chi connectivity index (χ4n) is 3.01. The van der Waals surface area contributed by atoms with E-state index in [1.165, 1.54) is 20.2 Å². The van der Waals surface area contributed by atoms with Gasteiger partial charge in [0.1, 0.15) is 5.92 Å². The van der Waals surface area contributed by atoms with E-state index in [1.54, 1.807) is 44.2 Å². The molecule has 2 atom stereocenters. The van der Waals surface area contributed by atoms with E-state index in [-0.39, 0.29) is 24.5 Å². The van der Waals surface area contributed by atoms with Crippen LogP contribution in [0.1, 0.15) is 19.4 Å². The van der Waals surface area contributed by atoms with E-state index in [0.29, 0.717) is 10.8 Å². The van der Waals surface area contributed by atoms with Gasteiger partial charge in [-0.25, -0.2) is 12.7 Å². The molecule has 8 heteroatoms. The van der Waals surface area contributed by atoms with Crippen LogP contribution in [0.5, 0.6) is 0 Å². The van der Waals surface area contributed by atoms with Gasteiger partial charge in [0, 0.05) is 26.1 Å². The zero-order valence-corrected chi connectivity index (χ0v) is 17.4. The topological polar surface area (TPSA) is 93.1 Å². The molecule has 0 heterocycles. The summed E-state index contributed by atoms with van der Waals surface area (Å²) in [6, 6.07) is 10.3. The quantitative estimate of drug-likeness (QED) is 0.504. The number of fused-ring (bicyclic) bond motifs is 1. The summed E-state index contributed by atoms with van der Waals surface area (Å²) in [6.07, 6.45) is -1.16. The molecule has 0 aliphatic carbocycles. The molecule has 28 heavy (non-hydrogen) atoms. The van der Waals surface area contributed by atoms with Crippen LogP contribution in [0.3, 0.4) is 0 Å².